The van der Waals surface area contributed by atoms with Gasteiger partial charge in [0.05, 0.1) is 11.0 Å². The summed E-state index contributed by atoms with van der Waals surface area (Å²) >= 11 is 0. The van der Waals surface area contributed by atoms with Gasteiger partial charge >= 0.3 is 0 Å². The minimum absolute atomic E-state index is 0.932. The van der Waals surface area contributed by atoms with E-state index in [0.29, 0.717) is 0 Å². The van der Waals surface area contributed by atoms with Crippen LogP contribution in [-0.4, -0.2) is 4.57 Å². The second-order valence-corrected chi connectivity index (χ2v) is 20.4. The molecule has 342 valence electrons. The molecule has 72 heavy (non-hydrogen) atoms. The maximum atomic E-state index is 7.04. The number of fused-ring (bicyclic) bond motifs is 10. The van der Waals surface area contributed by atoms with Gasteiger partial charge in [0.25, 0.3) is 0 Å². The third kappa shape index (κ3) is 6.48. The highest BCUT2D eigenvalue weighted by molar-refractivity contribution is 6.21. The van der Waals surface area contributed by atoms with E-state index in [1.54, 1.807) is 0 Å². The maximum absolute atomic E-state index is 7.04. The van der Waals surface area contributed by atoms with Crippen molar-refractivity contribution >= 4 is 65.3 Å². The third-order valence-electron chi connectivity index (χ3n) is 16.4. The SMILES string of the molecule is c1ccc(-c2c3ccccc3c(-c3ccc(-n4c5ccccc5c5cc(-c6cc(-c7cccc8c7CCCC8)cc7c6oc6ccc(-c8cccc9c8CCCC9)cc67)ccc54)cc3)c3ccccc23)cc1. The molecule has 0 saturated carbocycles. The second-order valence-electron chi connectivity index (χ2n) is 20.4. The minimum atomic E-state index is 0.932. The molecule has 2 nitrogen and oxygen atoms in total. The molecular weight excluding hydrogens is 871 g/mol. The molecule has 2 aliphatic rings. The van der Waals surface area contributed by atoms with E-state index in [2.05, 4.69) is 217 Å². The standard InChI is InChI=1S/C70H51NO/c1-2-18-46(19-3-1)68-57-25-8-10-27-59(57)69(60-28-11-9-26-58(60)68)47-32-36-51(37-33-47)71-65-31-13-12-24-56(65)62-40-49(34-38-66(62)71)61-42-50(55-30-15-21-45-17-5-7-23-53(45)55)43-64-63-41-48(35-39-67(63)72-70(61)64)54-29-14-20-44-16-4-6-22-52(44)54/h1-3,8-15,18-21,24-43H,4-7,16-17,22-23H2. The van der Waals surface area contributed by atoms with Gasteiger partial charge in [-0.2, -0.15) is 0 Å². The van der Waals surface area contributed by atoms with Gasteiger partial charge < -0.3 is 8.98 Å². The predicted octanol–water partition coefficient (Wildman–Crippen LogP) is 19.1. The molecule has 0 amide bonds. The number of hydrogen-bond donors (Lipinski definition) is 0. The Labute approximate surface area is 419 Å². The van der Waals surface area contributed by atoms with Gasteiger partial charge in [0.2, 0.25) is 0 Å². The molecule has 0 spiro atoms. The highest BCUT2D eigenvalue weighted by atomic mass is 16.3. The van der Waals surface area contributed by atoms with Crippen molar-refractivity contribution in [2.24, 2.45) is 0 Å². The number of para-hydroxylation sites is 1. The molecule has 0 bridgehead atoms. The van der Waals surface area contributed by atoms with Crippen LogP contribution in [0.2, 0.25) is 0 Å². The van der Waals surface area contributed by atoms with Crippen LogP contribution in [0.3, 0.4) is 0 Å². The van der Waals surface area contributed by atoms with Crippen molar-refractivity contribution < 1.29 is 4.42 Å². The van der Waals surface area contributed by atoms with E-state index in [1.807, 2.05) is 0 Å². The molecule has 0 saturated heterocycles. The minimum Gasteiger partial charge on any atom is -0.455 e. The Balaban J connectivity index is 0.895. The molecule has 0 N–H and O–H groups in total. The number of furan rings is 1. The predicted molar refractivity (Wildman–Crippen MR) is 304 cm³/mol. The van der Waals surface area contributed by atoms with Crippen molar-refractivity contribution in [2.75, 3.05) is 0 Å². The first-order valence-electron chi connectivity index (χ1n) is 26.1. The van der Waals surface area contributed by atoms with Crippen molar-refractivity contribution in [2.45, 2.75) is 51.4 Å². The molecule has 13 aromatic rings. The number of nitrogens with zero attached hydrogens (tertiary/aromatic N) is 1. The summed E-state index contributed by atoms with van der Waals surface area (Å²) in [5.74, 6) is 0. The lowest BCUT2D eigenvalue weighted by molar-refractivity contribution is 0.670. The summed E-state index contributed by atoms with van der Waals surface area (Å²) in [7, 11) is 0. The average Bonchev–Trinajstić information content (AvgIpc) is 3.99. The van der Waals surface area contributed by atoms with Crippen molar-refractivity contribution in [3.8, 4) is 61.3 Å². The molecule has 11 aromatic carbocycles. The molecule has 0 unspecified atom stereocenters. The number of aryl methyl sites for hydroxylation is 2. The first-order valence-corrected chi connectivity index (χ1v) is 26.1. The van der Waals surface area contributed by atoms with E-state index < -0.39 is 0 Å². The van der Waals surface area contributed by atoms with Gasteiger partial charge in [-0.05, 0) is 200 Å². The Kier molecular flexibility index (Phi) is 9.52. The highest BCUT2D eigenvalue weighted by Gasteiger charge is 2.23. The summed E-state index contributed by atoms with van der Waals surface area (Å²) in [5.41, 5.74) is 24.0. The summed E-state index contributed by atoms with van der Waals surface area (Å²) in [6.07, 6.45) is 9.61. The second kappa shape index (κ2) is 16.6. The normalized spacial score (nSPS) is 13.7. The molecule has 0 fully saturated rings. The van der Waals surface area contributed by atoms with Gasteiger partial charge in [-0.15, -0.1) is 0 Å². The maximum Gasteiger partial charge on any atom is 0.143 e. The fourth-order valence-electron chi connectivity index (χ4n) is 13.1. The molecule has 2 heterocycles. The Bertz CT molecular complexity index is 4260. The lowest BCUT2D eigenvalue weighted by atomic mass is 9.84. The van der Waals surface area contributed by atoms with Crippen molar-refractivity contribution in [1.82, 2.24) is 4.57 Å². The summed E-state index contributed by atoms with van der Waals surface area (Å²) in [6.45, 7) is 0. The van der Waals surface area contributed by atoms with E-state index >= 15 is 0 Å². The largest absolute Gasteiger partial charge is 0.455 e. The summed E-state index contributed by atoms with van der Waals surface area (Å²) < 4.78 is 9.49. The monoisotopic (exact) mass is 921 g/mol. The Hall–Kier alpha value is -8.46. The van der Waals surface area contributed by atoms with E-state index in [0.717, 1.165) is 47.2 Å². The molecule has 0 radical (unpaired) electrons. The number of benzene rings is 11. The van der Waals surface area contributed by atoms with Crippen LogP contribution in [0.5, 0.6) is 0 Å². The fourth-order valence-corrected chi connectivity index (χ4v) is 13.1. The van der Waals surface area contributed by atoms with E-state index in [-0.39, 0.29) is 0 Å². The molecule has 0 atom stereocenters. The van der Waals surface area contributed by atoms with Gasteiger partial charge in [-0.3, -0.25) is 0 Å². The van der Waals surface area contributed by atoms with Crippen molar-refractivity contribution in [3.63, 3.8) is 0 Å². The molecule has 15 rings (SSSR count). The lowest BCUT2D eigenvalue weighted by Crippen LogP contribution is -2.04. The van der Waals surface area contributed by atoms with Crippen LogP contribution in [-0.2, 0) is 25.7 Å². The summed E-state index contributed by atoms with van der Waals surface area (Å²) in [5, 5.41) is 9.87. The quantitative estimate of drug-likeness (QED) is 0.152. The van der Waals surface area contributed by atoms with Crippen LogP contribution >= 0.6 is 0 Å². The first kappa shape index (κ1) is 41.3. The summed E-state index contributed by atoms with van der Waals surface area (Å²) in [4.78, 5) is 0. The van der Waals surface area contributed by atoms with E-state index in [9.17, 15) is 0 Å². The van der Waals surface area contributed by atoms with Gasteiger partial charge in [0.15, 0.2) is 0 Å². The van der Waals surface area contributed by atoms with Crippen molar-refractivity contribution in [3.05, 3.63) is 235 Å². The molecule has 2 aromatic heterocycles. The molecule has 2 heteroatoms. The van der Waals surface area contributed by atoms with Crippen LogP contribution in [0.15, 0.2) is 217 Å². The molecule has 0 aliphatic heterocycles. The lowest BCUT2D eigenvalue weighted by Gasteiger charge is -2.20. The highest BCUT2D eigenvalue weighted by Crippen LogP contribution is 2.47. The van der Waals surface area contributed by atoms with Gasteiger partial charge in [-0.1, -0.05) is 158 Å². The van der Waals surface area contributed by atoms with Crippen LogP contribution < -0.4 is 0 Å². The Morgan fingerprint density at radius 3 is 1.47 bits per heavy atom. The number of aromatic nitrogens is 1. The zero-order valence-corrected chi connectivity index (χ0v) is 40.2. The van der Waals surface area contributed by atoms with Crippen LogP contribution in [0.4, 0.5) is 0 Å². The van der Waals surface area contributed by atoms with Crippen LogP contribution in [0, 0.1) is 0 Å². The van der Waals surface area contributed by atoms with E-state index in [4.69, 9.17) is 4.42 Å². The van der Waals surface area contributed by atoms with Crippen LogP contribution in [0.1, 0.15) is 47.9 Å². The van der Waals surface area contributed by atoms with Crippen LogP contribution in [0.25, 0.3) is 127 Å². The van der Waals surface area contributed by atoms with Gasteiger partial charge in [-0.25, -0.2) is 0 Å². The zero-order chi connectivity index (χ0) is 47.3. The molecular formula is C70H51NO. The van der Waals surface area contributed by atoms with Gasteiger partial charge in [0, 0.05) is 32.8 Å². The average molecular weight is 922 g/mol. The zero-order valence-electron chi connectivity index (χ0n) is 40.2. The third-order valence-corrected chi connectivity index (χ3v) is 16.4. The smallest absolute Gasteiger partial charge is 0.143 e. The topological polar surface area (TPSA) is 18.1 Å². The summed E-state index contributed by atoms with van der Waals surface area (Å²) in [6, 6.07) is 79.6. The molecule has 2 aliphatic carbocycles. The first-order chi connectivity index (χ1) is 35.7. The van der Waals surface area contributed by atoms with Crippen molar-refractivity contribution in [1.29, 1.82) is 0 Å². The fraction of sp³-hybridized carbons (Fsp3) is 0.114. The Morgan fingerprint density at radius 1 is 0.306 bits per heavy atom. The van der Waals surface area contributed by atoms with Gasteiger partial charge in [0.1, 0.15) is 11.2 Å². The number of rotatable bonds is 6. The number of hydrogen-bond acceptors (Lipinski definition) is 1. The Morgan fingerprint density at radius 2 is 0.806 bits per heavy atom. The van der Waals surface area contributed by atoms with E-state index in [1.165, 1.54) is 153 Å².